The van der Waals surface area contributed by atoms with Crippen LogP contribution in [0.15, 0.2) is 54.6 Å². The van der Waals surface area contributed by atoms with Crippen molar-refractivity contribution in [3.05, 3.63) is 71.3 Å². The van der Waals surface area contributed by atoms with Gasteiger partial charge in [0.25, 0.3) is 0 Å². The first kappa shape index (κ1) is 31.0. The molecule has 2 aliphatic rings. The van der Waals surface area contributed by atoms with Gasteiger partial charge in [0.2, 0.25) is 21.8 Å². The molecule has 1 saturated heterocycles. The van der Waals surface area contributed by atoms with Gasteiger partial charge in [-0.1, -0.05) is 54.6 Å². The molecule has 4 N–H and O–H groups in total. The van der Waals surface area contributed by atoms with Gasteiger partial charge < -0.3 is 20.7 Å². The van der Waals surface area contributed by atoms with Crippen molar-refractivity contribution in [3.8, 4) is 0 Å². The van der Waals surface area contributed by atoms with Crippen LogP contribution in [0.1, 0.15) is 55.8 Å². The lowest BCUT2D eigenvalue weighted by Gasteiger charge is -2.41. The number of rotatable bonds is 9. The van der Waals surface area contributed by atoms with Gasteiger partial charge in [0.05, 0.1) is 25.0 Å². The normalized spacial score (nSPS) is 19.2. The number of sulfonamides is 1. The van der Waals surface area contributed by atoms with Gasteiger partial charge in [0.15, 0.2) is 0 Å². The minimum absolute atomic E-state index is 0. The molecule has 1 fully saturated rings. The number of hydrogen-bond donors (Lipinski definition) is 3. The Bertz CT molecular complexity index is 1260. The highest BCUT2D eigenvalue weighted by molar-refractivity contribution is 7.88. The van der Waals surface area contributed by atoms with Crippen LogP contribution in [0.3, 0.4) is 0 Å². The molecule has 39 heavy (non-hydrogen) atoms. The Morgan fingerprint density at radius 3 is 2.33 bits per heavy atom. The van der Waals surface area contributed by atoms with Crippen LogP contribution < -0.4 is 15.8 Å². The molecule has 1 unspecified atom stereocenters. The van der Waals surface area contributed by atoms with Crippen molar-refractivity contribution in [2.45, 2.75) is 62.8 Å². The molecular formula is C28H39ClN4O5S. The second-order valence-corrected chi connectivity index (χ2v) is 12.9. The minimum atomic E-state index is -3.37. The van der Waals surface area contributed by atoms with Crippen molar-refractivity contribution in [1.82, 2.24) is 14.9 Å². The van der Waals surface area contributed by atoms with Crippen LogP contribution in [0.4, 0.5) is 0 Å². The van der Waals surface area contributed by atoms with E-state index in [-0.39, 0.29) is 36.4 Å². The average Bonchev–Trinajstić information content (AvgIpc) is 3.14. The number of hydrogen-bond acceptors (Lipinski definition) is 6. The number of nitrogens with two attached hydrogens (primary N) is 1. The molecule has 11 heteroatoms. The summed E-state index contributed by atoms with van der Waals surface area (Å²) in [6.45, 7) is 4.53. The fourth-order valence-electron chi connectivity index (χ4n) is 5.49. The Kier molecular flexibility index (Phi) is 9.82. The highest BCUT2D eigenvalue weighted by Crippen LogP contribution is 2.50. The zero-order chi connectivity index (χ0) is 27.6. The number of fused-ring (bicyclic) bond motifs is 2. The molecule has 4 rings (SSSR count). The number of halogens is 1. The fraction of sp³-hybridized carbons (Fsp3) is 0.500. The third-order valence-corrected chi connectivity index (χ3v) is 8.19. The zero-order valence-electron chi connectivity index (χ0n) is 22.7. The molecular weight excluding hydrogens is 540 g/mol. The number of ether oxygens (including phenoxy) is 1. The largest absolute Gasteiger partial charge is 0.374 e. The molecule has 2 aromatic rings. The number of amides is 2. The summed E-state index contributed by atoms with van der Waals surface area (Å²) < 4.78 is 32.6. The van der Waals surface area contributed by atoms with Crippen LogP contribution >= 0.6 is 12.4 Å². The maximum absolute atomic E-state index is 13.6. The van der Waals surface area contributed by atoms with Gasteiger partial charge >= 0.3 is 0 Å². The van der Waals surface area contributed by atoms with Crippen molar-refractivity contribution in [1.29, 1.82) is 0 Å². The molecule has 1 aliphatic heterocycles. The molecule has 0 saturated carbocycles. The predicted octanol–water partition coefficient (Wildman–Crippen LogP) is 2.40. The third-order valence-electron chi connectivity index (χ3n) is 7.48. The summed E-state index contributed by atoms with van der Waals surface area (Å²) in [5.74, 6) is -0.630. The molecule has 1 spiro atoms. The number of piperidine rings is 1. The Hall–Kier alpha value is -2.50. The van der Waals surface area contributed by atoms with E-state index in [0.29, 0.717) is 39.0 Å². The van der Waals surface area contributed by atoms with E-state index in [0.717, 1.165) is 16.7 Å². The molecule has 2 atom stereocenters. The van der Waals surface area contributed by atoms with Crippen molar-refractivity contribution in [2.24, 2.45) is 5.73 Å². The SMILES string of the molecule is CC(C)(N)C(=O)N[C@H](COCc1ccccc1)C(=O)N1CCC2(CC1)CC(NS(C)(=O)=O)c1ccccc12.Cl. The van der Waals surface area contributed by atoms with Gasteiger partial charge in [-0.05, 0) is 49.8 Å². The molecule has 0 aromatic heterocycles. The summed E-state index contributed by atoms with van der Waals surface area (Å²) in [7, 11) is -3.37. The Morgan fingerprint density at radius 1 is 1.10 bits per heavy atom. The summed E-state index contributed by atoms with van der Waals surface area (Å²) in [6, 6.07) is 16.4. The van der Waals surface area contributed by atoms with Crippen LogP contribution in [0, 0.1) is 0 Å². The van der Waals surface area contributed by atoms with Gasteiger partial charge in [-0.3, -0.25) is 9.59 Å². The van der Waals surface area contributed by atoms with Gasteiger partial charge in [-0.25, -0.2) is 13.1 Å². The summed E-state index contributed by atoms with van der Waals surface area (Å²) in [5.41, 5.74) is 7.75. The molecule has 9 nitrogen and oxygen atoms in total. The van der Waals surface area contributed by atoms with E-state index in [1.165, 1.54) is 6.26 Å². The molecule has 0 bridgehead atoms. The standard InChI is InChI=1S/C28H38N4O5S.ClH/c1-27(2,29)26(34)30-24(19-37-18-20-9-5-4-6-10-20)25(33)32-15-13-28(14-16-32)17-23(31-38(3,35)36)21-11-7-8-12-22(21)28;/h4-12,23-24,31H,13-19,29H2,1-3H3,(H,30,34);1H/t23?,24-;/m1./s1. The van der Waals surface area contributed by atoms with Crippen molar-refractivity contribution >= 4 is 34.2 Å². The average molecular weight is 579 g/mol. The first-order chi connectivity index (χ1) is 17.9. The Labute approximate surface area is 237 Å². The maximum Gasteiger partial charge on any atom is 0.247 e. The lowest BCUT2D eigenvalue weighted by Crippen LogP contribution is -2.59. The lowest BCUT2D eigenvalue weighted by atomic mass is 9.73. The van der Waals surface area contributed by atoms with Gasteiger partial charge in [0, 0.05) is 24.5 Å². The molecule has 2 amide bonds. The van der Waals surface area contributed by atoms with E-state index in [1.807, 2.05) is 48.5 Å². The number of carbonyl (C=O) groups is 2. The van der Waals surface area contributed by atoms with E-state index >= 15 is 0 Å². The van der Waals surface area contributed by atoms with E-state index in [1.54, 1.807) is 18.7 Å². The summed E-state index contributed by atoms with van der Waals surface area (Å²) in [5, 5.41) is 2.79. The zero-order valence-corrected chi connectivity index (χ0v) is 24.3. The first-order valence-corrected chi connectivity index (χ1v) is 14.8. The quantitative estimate of drug-likeness (QED) is 0.419. The van der Waals surface area contributed by atoms with Gasteiger partial charge in [0.1, 0.15) is 6.04 Å². The van der Waals surface area contributed by atoms with E-state index in [4.69, 9.17) is 10.5 Å². The molecule has 214 valence electrons. The highest BCUT2D eigenvalue weighted by atomic mass is 35.5. The summed E-state index contributed by atoms with van der Waals surface area (Å²) in [6.07, 6.45) is 3.24. The molecule has 0 radical (unpaired) electrons. The van der Waals surface area contributed by atoms with E-state index in [2.05, 4.69) is 16.1 Å². The highest BCUT2D eigenvalue weighted by Gasteiger charge is 2.47. The van der Waals surface area contributed by atoms with Crippen LogP contribution in [0.2, 0.25) is 0 Å². The monoisotopic (exact) mass is 578 g/mol. The number of benzene rings is 2. The maximum atomic E-state index is 13.6. The molecule has 1 aliphatic carbocycles. The van der Waals surface area contributed by atoms with E-state index in [9.17, 15) is 18.0 Å². The van der Waals surface area contributed by atoms with Crippen LogP contribution in [0.25, 0.3) is 0 Å². The van der Waals surface area contributed by atoms with E-state index < -0.39 is 27.5 Å². The number of likely N-dealkylation sites (tertiary alicyclic amines) is 1. The smallest absolute Gasteiger partial charge is 0.247 e. The third kappa shape index (κ3) is 7.58. The van der Waals surface area contributed by atoms with Crippen molar-refractivity contribution in [3.63, 3.8) is 0 Å². The lowest BCUT2D eigenvalue weighted by molar-refractivity contribution is -0.140. The summed E-state index contributed by atoms with van der Waals surface area (Å²) in [4.78, 5) is 28.0. The number of carbonyl (C=O) groups excluding carboxylic acids is 2. The van der Waals surface area contributed by atoms with Gasteiger partial charge in [-0.15, -0.1) is 12.4 Å². The topological polar surface area (TPSA) is 131 Å². The van der Waals surface area contributed by atoms with Crippen molar-refractivity contribution < 1.29 is 22.7 Å². The van der Waals surface area contributed by atoms with Crippen LogP contribution in [-0.2, 0) is 36.4 Å². The van der Waals surface area contributed by atoms with Crippen molar-refractivity contribution in [2.75, 3.05) is 26.0 Å². The second kappa shape index (κ2) is 12.3. The molecule has 2 aromatic carbocycles. The molecule has 1 heterocycles. The Morgan fingerprint density at radius 2 is 1.72 bits per heavy atom. The van der Waals surface area contributed by atoms with Crippen LogP contribution in [0.5, 0.6) is 0 Å². The predicted molar refractivity (Wildman–Crippen MR) is 153 cm³/mol. The van der Waals surface area contributed by atoms with Crippen LogP contribution in [-0.4, -0.2) is 62.7 Å². The number of nitrogens with one attached hydrogen (secondary N) is 2. The van der Waals surface area contributed by atoms with Gasteiger partial charge in [-0.2, -0.15) is 0 Å². The fourth-order valence-corrected chi connectivity index (χ4v) is 6.22. The Balaban J connectivity index is 0.00000420. The first-order valence-electron chi connectivity index (χ1n) is 12.9. The second-order valence-electron chi connectivity index (χ2n) is 11.1. The summed E-state index contributed by atoms with van der Waals surface area (Å²) >= 11 is 0. The number of nitrogens with zero attached hydrogens (tertiary/aromatic N) is 1. The minimum Gasteiger partial charge on any atom is -0.374 e.